The van der Waals surface area contributed by atoms with Crippen LogP contribution in [0, 0.1) is 0 Å². The molecule has 0 saturated carbocycles. The Hall–Kier alpha value is -2.06. The number of hydrogen-bond donors (Lipinski definition) is 2. The van der Waals surface area contributed by atoms with Crippen molar-refractivity contribution in [2.24, 2.45) is 5.73 Å². The Morgan fingerprint density at radius 1 is 1.18 bits per heavy atom. The van der Waals surface area contributed by atoms with Crippen molar-refractivity contribution in [3.05, 3.63) is 53.0 Å². The number of halogens is 1. The number of carbonyl (C=O) groups excluding carboxylic acids is 1. The van der Waals surface area contributed by atoms with Gasteiger partial charge in [0.15, 0.2) is 6.61 Å². The molecule has 1 amide bonds. The van der Waals surface area contributed by atoms with Gasteiger partial charge in [0.1, 0.15) is 5.75 Å². The van der Waals surface area contributed by atoms with Crippen LogP contribution in [0.15, 0.2) is 57.9 Å². The van der Waals surface area contributed by atoms with Crippen molar-refractivity contribution in [3.63, 3.8) is 0 Å². The number of carbonyl (C=O) groups is 1. The first-order valence-corrected chi connectivity index (χ1v) is 8.44. The van der Waals surface area contributed by atoms with E-state index in [1.807, 2.05) is 0 Å². The van der Waals surface area contributed by atoms with Gasteiger partial charge in [0, 0.05) is 10.2 Å². The van der Waals surface area contributed by atoms with Gasteiger partial charge in [0.2, 0.25) is 0 Å². The summed E-state index contributed by atoms with van der Waals surface area (Å²) in [6.45, 7) is -0.233. The zero-order valence-electron chi connectivity index (χ0n) is 11.3. The van der Waals surface area contributed by atoms with Crippen molar-refractivity contribution in [1.29, 1.82) is 0 Å². The molecule has 0 radical (unpaired) electrons. The molecule has 0 atom stereocenters. The number of anilines is 1. The van der Waals surface area contributed by atoms with E-state index in [9.17, 15) is 13.2 Å². The zero-order chi connectivity index (χ0) is 16.2. The predicted octanol–water partition coefficient (Wildman–Crippen LogP) is 2.11. The van der Waals surface area contributed by atoms with E-state index in [2.05, 4.69) is 20.7 Å². The van der Waals surface area contributed by atoms with Crippen molar-refractivity contribution >= 4 is 37.5 Å². The van der Waals surface area contributed by atoms with Crippen LogP contribution in [0.5, 0.6) is 5.75 Å². The van der Waals surface area contributed by atoms with Crippen LogP contribution in [0.4, 0.5) is 5.69 Å². The number of amides is 1. The van der Waals surface area contributed by atoms with Gasteiger partial charge in [-0.25, -0.2) is 8.42 Å². The van der Waals surface area contributed by atoms with Gasteiger partial charge in [-0.15, -0.1) is 0 Å². The third-order valence-corrected chi connectivity index (χ3v) is 4.47. The highest BCUT2D eigenvalue weighted by Crippen LogP contribution is 2.21. The molecule has 2 aromatic rings. The maximum Gasteiger partial charge on any atom is 0.261 e. The number of benzene rings is 2. The van der Waals surface area contributed by atoms with Gasteiger partial charge in [0.05, 0.1) is 4.90 Å². The van der Waals surface area contributed by atoms with Crippen LogP contribution in [0.3, 0.4) is 0 Å². The van der Waals surface area contributed by atoms with E-state index in [0.29, 0.717) is 15.9 Å². The molecule has 0 fully saturated rings. The van der Waals surface area contributed by atoms with Crippen molar-refractivity contribution in [3.8, 4) is 5.75 Å². The molecule has 22 heavy (non-hydrogen) atoms. The molecule has 0 unspecified atom stereocenters. The van der Waals surface area contributed by atoms with Crippen LogP contribution in [-0.2, 0) is 14.8 Å². The van der Waals surface area contributed by atoms with Gasteiger partial charge in [-0.2, -0.15) is 0 Å². The first-order valence-electron chi connectivity index (χ1n) is 6.16. The number of hydrogen-bond acceptors (Lipinski definition) is 4. The van der Waals surface area contributed by atoms with Crippen molar-refractivity contribution in [1.82, 2.24) is 0 Å². The Kier molecular flexibility index (Phi) is 5.04. The van der Waals surface area contributed by atoms with Crippen LogP contribution >= 0.6 is 15.9 Å². The minimum atomic E-state index is -3.67. The Labute approximate surface area is 136 Å². The van der Waals surface area contributed by atoms with E-state index >= 15 is 0 Å². The fourth-order valence-corrected chi connectivity index (χ4v) is 3.28. The Balaban J connectivity index is 2.11. The molecular weight excluding hydrogens is 372 g/mol. The normalized spacial score (nSPS) is 11.0. The Bertz CT molecular complexity index is 776. The summed E-state index contributed by atoms with van der Waals surface area (Å²) >= 11 is 3.23. The lowest BCUT2D eigenvalue weighted by atomic mass is 10.3. The SMILES string of the molecule is NC(=O)COc1ccc(NS(=O)(=O)c2cccc(Br)c2)cc1. The number of sulfonamides is 1. The summed E-state index contributed by atoms with van der Waals surface area (Å²) < 4.78 is 32.7. The maximum atomic E-state index is 12.2. The minimum Gasteiger partial charge on any atom is -0.484 e. The van der Waals surface area contributed by atoms with Gasteiger partial charge in [-0.05, 0) is 42.5 Å². The summed E-state index contributed by atoms with van der Waals surface area (Å²) in [7, 11) is -3.67. The summed E-state index contributed by atoms with van der Waals surface area (Å²) in [4.78, 5) is 10.8. The number of ether oxygens (including phenoxy) is 1. The van der Waals surface area contributed by atoms with E-state index in [4.69, 9.17) is 10.5 Å². The van der Waals surface area contributed by atoms with Crippen molar-refractivity contribution in [2.45, 2.75) is 4.90 Å². The highest BCUT2D eigenvalue weighted by atomic mass is 79.9. The maximum absolute atomic E-state index is 12.2. The molecule has 0 aliphatic rings. The second kappa shape index (κ2) is 6.80. The minimum absolute atomic E-state index is 0.149. The summed E-state index contributed by atoms with van der Waals surface area (Å²) in [5.74, 6) is -0.163. The number of nitrogens with one attached hydrogen (secondary N) is 1. The average molecular weight is 385 g/mol. The third kappa shape index (κ3) is 4.47. The van der Waals surface area contributed by atoms with Crippen molar-refractivity contribution in [2.75, 3.05) is 11.3 Å². The lowest BCUT2D eigenvalue weighted by Crippen LogP contribution is -2.20. The highest BCUT2D eigenvalue weighted by Gasteiger charge is 2.14. The lowest BCUT2D eigenvalue weighted by molar-refractivity contribution is -0.119. The summed E-state index contributed by atoms with van der Waals surface area (Å²) in [6.07, 6.45) is 0. The molecule has 2 aromatic carbocycles. The molecule has 0 aliphatic heterocycles. The van der Waals surface area contributed by atoms with Crippen LogP contribution in [0.2, 0.25) is 0 Å². The van der Waals surface area contributed by atoms with E-state index < -0.39 is 15.9 Å². The monoisotopic (exact) mass is 384 g/mol. The van der Waals surface area contributed by atoms with E-state index in [1.54, 1.807) is 24.3 Å². The smallest absolute Gasteiger partial charge is 0.261 e. The van der Waals surface area contributed by atoms with E-state index in [1.165, 1.54) is 24.3 Å². The highest BCUT2D eigenvalue weighted by molar-refractivity contribution is 9.10. The second-order valence-electron chi connectivity index (χ2n) is 4.34. The van der Waals surface area contributed by atoms with Gasteiger partial charge in [-0.3, -0.25) is 9.52 Å². The van der Waals surface area contributed by atoms with E-state index in [-0.39, 0.29) is 11.5 Å². The number of nitrogens with two attached hydrogens (primary N) is 1. The van der Waals surface area contributed by atoms with Gasteiger partial charge in [-0.1, -0.05) is 22.0 Å². The van der Waals surface area contributed by atoms with Gasteiger partial charge in [0.25, 0.3) is 15.9 Å². The molecule has 0 saturated heterocycles. The first kappa shape index (κ1) is 16.3. The topological polar surface area (TPSA) is 98.5 Å². The fourth-order valence-electron chi connectivity index (χ4n) is 1.62. The quantitative estimate of drug-likeness (QED) is 0.796. The van der Waals surface area contributed by atoms with Crippen LogP contribution in [0.1, 0.15) is 0 Å². The summed E-state index contributed by atoms with van der Waals surface area (Å²) in [5.41, 5.74) is 5.35. The van der Waals surface area contributed by atoms with Crippen LogP contribution < -0.4 is 15.2 Å². The van der Waals surface area contributed by atoms with Crippen LogP contribution in [-0.4, -0.2) is 20.9 Å². The van der Waals surface area contributed by atoms with E-state index in [0.717, 1.165) is 0 Å². The molecule has 0 bridgehead atoms. The number of primary amides is 1. The molecular formula is C14H13BrN2O4S. The number of rotatable bonds is 6. The van der Waals surface area contributed by atoms with Gasteiger partial charge < -0.3 is 10.5 Å². The van der Waals surface area contributed by atoms with Gasteiger partial charge >= 0.3 is 0 Å². The molecule has 6 nitrogen and oxygen atoms in total. The fraction of sp³-hybridized carbons (Fsp3) is 0.0714. The average Bonchev–Trinajstić information content (AvgIpc) is 2.46. The predicted molar refractivity (Wildman–Crippen MR) is 86.1 cm³/mol. The first-order chi connectivity index (χ1) is 10.4. The molecule has 0 aliphatic carbocycles. The van der Waals surface area contributed by atoms with Crippen molar-refractivity contribution < 1.29 is 17.9 Å². The molecule has 116 valence electrons. The second-order valence-corrected chi connectivity index (χ2v) is 6.94. The molecule has 0 spiro atoms. The zero-order valence-corrected chi connectivity index (χ0v) is 13.7. The standard InChI is InChI=1S/C14H13BrN2O4S/c15-10-2-1-3-13(8-10)22(19,20)17-11-4-6-12(7-5-11)21-9-14(16)18/h1-8,17H,9H2,(H2,16,18). The summed E-state index contributed by atoms with van der Waals surface area (Å²) in [5, 5.41) is 0. The Morgan fingerprint density at radius 3 is 2.45 bits per heavy atom. The summed E-state index contributed by atoms with van der Waals surface area (Å²) in [6, 6.07) is 12.5. The molecule has 2 rings (SSSR count). The molecule has 8 heteroatoms. The molecule has 3 N–H and O–H groups in total. The molecule has 0 aromatic heterocycles. The lowest BCUT2D eigenvalue weighted by Gasteiger charge is -2.09. The van der Waals surface area contributed by atoms with Crippen LogP contribution in [0.25, 0.3) is 0 Å². The molecule has 0 heterocycles. The Morgan fingerprint density at radius 2 is 1.86 bits per heavy atom. The largest absolute Gasteiger partial charge is 0.484 e. The third-order valence-electron chi connectivity index (χ3n) is 2.59.